The molecule has 1 saturated carbocycles. The van der Waals surface area contributed by atoms with Crippen molar-refractivity contribution in [3.63, 3.8) is 0 Å². The number of hydrogen-bond acceptors (Lipinski definition) is 2. The second-order valence-electron chi connectivity index (χ2n) is 5.01. The van der Waals surface area contributed by atoms with Gasteiger partial charge in [-0.25, -0.2) is 0 Å². The minimum Gasteiger partial charge on any atom is -0.356 e. The number of nitrogens with two attached hydrogens (primary N) is 1. The molecule has 1 fully saturated rings. The second-order valence-corrected chi connectivity index (χ2v) is 5.01. The topological polar surface area (TPSA) is 55.1 Å². The van der Waals surface area contributed by atoms with Gasteiger partial charge in [0.1, 0.15) is 0 Å². The maximum Gasteiger partial charge on any atom is 0.221 e. The second kappa shape index (κ2) is 7.91. The Morgan fingerprint density at radius 2 is 2.06 bits per heavy atom. The molecule has 0 spiro atoms. The minimum absolute atomic E-state index is 0. The van der Waals surface area contributed by atoms with E-state index in [0.717, 1.165) is 12.5 Å². The number of amides is 1. The summed E-state index contributed by atoms with van der Waals surface area (Å²) in [6, 6.07) is -0.0335. The van der Waals surface area contributed by atoms with Crippen LogP contribution in [0, 0.1) is 11.8 Å². The number of hydrogen-bond donors (Lipinski definition) is 2. The zero-order chi connectivity index (χ0) is 11.3. The van der Waals surface area contributed by atoms with Gasteiger partial charge >= 0.3 is 0 Å². The van der Waals surface area contributed by atoms with E-state index in [4.69, 9.17) is 5.73 Å². The van der Waals surface area contributed by atoms with Crippen LogP contribution >= 0.6 is 12.4 Å². The Kier molecular flexibility index (Phi) is 7.77. The summed E-state index contributed by atoms with van der Waals surface area (Å²) in [5.74, 6) is 1.54. The lowest BCUT2D eigenvalue weighted by Gasteiger charge is -2.28. The average Bonchev–Trinajstić information content (AvgIpc) is 2.15. The van der Waals surface area contributed by atoms with Crippen LogP contribution in [0.2, 0.25) is 0 Å². The van der Waals surface area contributed by atoms with Gasteiger partial charge in [-0.15, -0.1) is 12.4 Å². The van der Waals surface area contributed by atoms with Crippen molar-refractivity contribution < 1.29 is 4.79 Å². The predicted molar refractivity (Wildman–Crippen MR) is 69.6 cm³/mol. The third kappa shape index (κ3) is 5.71. The molecule has 3 nitrogen and oxygen atoms in total. The van der Waals surface area contributed by atoms with E-state index in [9.17, 15) is 4.79 Å². The Hall–Kier alpha value is -0.280. The van der Waals surface area contributed by atoms with Gasteiger partial charge in [-0.1, -0.05) is 26.2 Å². The van der Waals surface area contributed by atoms with Crippen LogP contribution in [0.4, 0.5) is 0 Å². The Morgan fingerprint density at radius 1 is 1.44 bits per heavy atom. The maximum atomic E-state index is 11.4. The van der Waals surface area contributed by atoms with E-state index >= 15 is 0 Å². The average molecular weight is 249 g/mol. The molecule has 1 aliphatic carbocycles. The Morgan fingerprint density at radius 3 is 2.62 bits per heavy atom. The van der Waals surface area contributed by atoms with Gasteiger partial charge in [0, 0.05) is 19.0 Å². The molecule has 16 heavy (non-hydrogen) atoms. The summed E-state index contributed by atoms with van der Waals surface area (Å²) in [4.78, 5) is 11.4. The van der Waals surface area contributed by atoms with Crippen LogP contribution in [-0.4, -0.2) is 18.5 Å². The van der Waals surface area contributed by atoms with E-state index in [0.29, 0.717) is 12.3 Å². The highest BCUT2D eigenvalue weighted by molar-refractivity contribution is 5.85. The van der Waals surface area contributed by atoms with Gasteiger partial charge in [0.25, 0.3) is 0 Å². The summed E-state index contributed by atoms with van der Waals surface area (Å²) in [6.07, 6.45) is 5.69. The summed E-state index contributed by atoms with van der Waals surface area (Å²) in [7, 11) is 0. The zero-order valence-corrected chi connectivity index (χ0v) is 11.2. The molecule has 96 valence electrons. The van der Waals surface area contributed by atoms with Crippen molar-refractivity contribution in [2.75, 3.05) is 6.54 Å². The predicted octanol–water partition coefficient (Wildman–Crippen LogP) is 2.09. The number of nitrogens with one attached hydrogen (secondary N) is 1. The quantitative estimate of drug-likeness (QED) is 0.801. The standard InChI is InChI=1S/C12H24N2O.ClH/c1-9-5-3-4-6-11(9)8-14-12(15)7-10(2)13;/h9-11H,3-8,13H2,1-2H3,(H,14,15);1H. The van der Waals surface area contributed by atoms with Crippen LogP contribution in [0.15, 0.2) is 0 Å². The lowest BCUT2D eigenvalue weighted by molar-refractivity contribution is -0.121. The van der Waals surface area contributed by atoms with Crippen molar-refractivity contribution in [1.29, 1.82) is 0 Å². The molecule has 0 aromatic rings. The summed E-state index contributed by atoms with van der Waals surface area (Å²) < 4.78 is 0. The van der Waals surface area contributed by atoms with Crippen molar-refractivity contribution in [1.82, 2.24) is 5.32 Å². The van der Waals surface area contributed by atoms with Crippen LogP contribution in [0.25, 0.3) is 0 Å². The highest BCUT2D eigenvalue weighted by Crippen LogP contribution is 2.28. The summed E-state index contributed by atoms with van der Waals surface area (Å²) in [6.45, 7) is 5.00. The van der Waals surface area contributed by atoms with Gasteiger partial charge in [0.05, 0.1) is 0 Å². The number of carbonyl (C=O) groups is 1. The first-order valence-electron chi connectivity index (χ1n) is 6.12. The Labute approximate surface area is 105 Å². The molecule has 0 bridgehead atoms. The van der Waals surface area contributed by atoms with Crippen molar-refractivity contribution >= 4 is 18.3 Å². The van der Waals surface area contributed by atoms with Crippen LogP contribution in [-0.2, 0) is 4.79 Å². The molecular weight excluding hydrogens is 224 g/mol. The first-order chi connectivity index (χ1) is 7.09. The number of carbonyl (C=O) groups excluding carboxylic acids is 1. The molecule has 3 unspecified atom stereocenters. The van der Waals surface area contributed by atoms with E-state index < -0.39 is 0 Å². The molecule has 3 atom stereocenters. The molecule has 0 aromatic heterocycles. The first-order valence-corrected chi connectivity index (χ1v) is 6.12. The fourth-order valence-electron chi connectivity index (χ4n) is 2.31. The molecule has 1 rings (SSSR count). The molecular formula is C12H25ClN2O. The van der Waals surface area contributed by atoms with Crippen LogP contribution < -0.4 is 11.1 Å². The monoisotopic (exact) mass is 248 g/mol. The van der Waals surface area contributed by atoms with Gasteiger partial charge in [-0.3, -0.25) is 4.79 Å². The highest BCUT2D eigenvalue weighted by Gasteiger charge is 2.21. The van der Waals surface area contributed by atoms with E-state index in [1.165, 1.54) is 25.7 Å². The van der Waals surface area contributed by atoms with Crippen molar-refractivity contribution in [2.45, 2.75) is 52.0 Å². The van der Waals surface area contributed by atoms with Crippen molar-refractivity contribution in [2.24, 2.45) is 17.6 Å². The lowest BCUT2D eigenvalue weighted by Crippen LogP contribution is -2.35. The van der Waals surface area contributed by atoms with E-state index in [1.54, 1.807) is 0 Å². The van der Waals surface area contributed by atoms with Gasteiger partial charge in [-0.2, -0.15) is 0 Å². The number of halogens is 1. The van der Waals surface area contributed by atoms with Crippen LogP contribution in [0.3, 0.4) is 0 Å². The lowest BCUT2D eigenvalue weighted by atomic mass is 9.80. The summed E-state index contributed by atoms with van der Waals surface area (Å²) >= 11 is 0. The smallest absolute Gasteiger partial charge is 0.221 e. The SMILES string of the molecule is CC(N)CC(=O)NCC1CCCCC1C.Cl. The molecule has 0 aliphatic heterocycles. The summed E-state index contributed by atoms with van der Waals surface area (Å²) in [5.41, 5.74) is 5.57. The van der Waals surface area contributed by atoms with Gasteiger partial charge in [0.15, 0.2) is 0 Å². The largest absolute Gasteiger partial charge is 0.356 e. The van der Waals surface area contributed by atoms with E-state index in [1.807, 2.05) is 6.92 Å². The van der Waals surface area contributed by atoms with Gasteiger partial charge in [-0.05, 0) is 25.2 Å². The molecule has 0 radical (unpaired) electrons. The van der Waals surface area contributed by atoms with E-state index in [-0.39, 0.29) is 24.4 Å². The maximum absolute atomic E-state index is 11.4. The molecule has 4 heteroatoms. The molecule has 0 heterocycles. The molecule has 1 aliphatic rings. The van der Waals surface area contributed by atoms with Gasteiger partial charge < -0.3 is 11.1 Å². The third-order valence-corrected chi connectivity index (χ3v) is 3.36. The number of rotatable bonds is 4. The minimum atomic E-state index is -0.0335. The fraction of sp³-hybridized carbons (Fsp3) is 0.917. The third-order valence-electron chi connectivity index (χ3n) is 3.36. The fourth-order valence-corrected chi connectivity index (χ4v) is 2.31. The zero-order valence-electron chi connectivity index (χ0n) is 10.4. The molecule has 0 aromatic carbocycles. The molecule has 0 saturated heterocycles. The van der Waals surface area contributed by atoms with Crippen LogP contribution in [0.1, 0.15) is 46.0 Å². The Balaban J connectivity index is 0.00000225. The van der Waals surface area contributed by atoms with Crippen molar-refractivity contribution in [3.8, 4) is 0 Å². The van der Waals surface area contributed by atoms with Crippen LogP contribution in [0.5, 0.6) is 0 Å². The molecule has 1 amide bonds. The van der Waals surface area contributed by atoms with E-state index in [2.05, 4.69) is 12.2 Å². The molecule has 3 N–H and O–H groups in total. The summed E-state index contributed by atoms with van der Waals surface area (Å²) in [5, 5.41) is 3.00. The van der Waals surface area contributed by atoms with Gasteiger partial charge in [0.2, 0.25) is 5.91 Å². The van der Waals surface area contributed by atoms with Crippen molar-refractivity contribution in [3.05, 3.63) is 0 Å². The first kappa shape index (κ1) is 15.7. The normalized spacial score (nSPS) is 26.7. The highest BCUT2D eigenvalue weighted by atomic mass is 35.5. The Bertz CT molecular complexity index is 209.